The van der Waals surface area contributed by atoms with Crippen LogP contribution in [0.5, 0.6) is 11.5 Å². The fourth-order valence-electron chi connectivity index (χ4n) is 1.96. The van der Waals surface area contributed by atoms with Crippen molar-refractivity contribution in [2.75, 3.05) is 13.2 Å². The molecule has 10 heteroatoms. The minimum atomic E-state index is -4.53. The van der Waals surface area contributed by atoms with E-state index < -0.39 is 36.0 Å². The zero-order valence-corrected chi connectivity index (χ0v) is 14.4. The molecule has 0 spiro atoms. The van der Waals surface area contributed by atoms with Crippen molar-refractivity contribution >= 4 is 11.8 Å². The highest BCUT2D eigenvalue weighted by Gasteiger charge is 2.30. The summed E-state index contributed by atoms with van der Waals surface area (Å²) in [5.74, 6) is -2.10. The molecule has 2 N–H and O–H groups in total. The number of ether oxygens (including phenoxy) is 2. The Morgan fingerprint density at radius 2 is 1.64 bits per heavy atom. The molecule has 0 atom stereocenters. The Morgan fingerprint density at radius 3 is 2.36 bits per heavy atom. The summed E-state index contributed by atoms with van der Waals surface area (Å²) >= 11 is 0. The van der Waals surface area contributed by atoms with Crippen LogP contribution in [-0.2, 0) is 15.8 Å². The molecule has 2 rings (SSSR count). The Morgan fingerprint density at radius 1 is 0.929 bits per heavy atom. The highest BCUT2D eigenvalue weighted by molar-refractivity contribution is 5.82. The molecule has 0 unspecified atom stereocenters. The van der Waals surface area contributed by atoms with Gasteiger partial charge >= 0.3 is 6.18 Å². The average molecular weight is 400 g/mol. The van der Waals surface area contributed by atoms with Crippen molar-refractivity contribution in [1.82, 2.24) is 10.9 Å². The number of halogens is 4. The molecule has 28 heavy (non-hydrogen) atoms. The number of carbonyl (C=O) groups excluding carboxylic acids is 2. The molecule has 0 aliphatic heterocycles. The second kappa shape index (κ2) is 9.58. The van der Waals surface area contributed by atoms with Gasteiger partial charge in [-0.15, -0.1) is 0 Å². The summed E-state index contributed by atoms with van der Waals surface area (Å²) in [6.45, 7) is -0.726. The number of hydrazine groups is 1. The lowest BCUT2D eigenvalue weighted by Gasteiger charge is -2.11. The first-order valence-electron chi connectivity index (χ1n) is 8.01. The van der Waals surface area contributed by atoms with Crippen LogP contribution >= 0.6 is 0 Å². The van der Waals surface area contributed by atoms with E-state index in [1.807, 2.05) is 5.43 Å². The number of hydrogen-bond donors (Lipinski definition) is 2. The Bertz CT molecular complexity index is 827. The monoisotopic (exact) mass is 400 g/mol. The molecule has 0 bridgehead atoms. The van der Waals surface area contributed by atoms with Crippen LogP contribution in [0, 0.1) is 5.82 Å². The number of amides is 2. The van der Waals surface area contributed by atoms with Crippen LogP contribution in [0.4, 0.5) is 17.6 Å². The van der Waals surface area contributed by atoms with Crippen LogP contribution < -0.4 is 20.3 Å². The van der Waals surface area contributed by atoms with E-state index in [-0.39, 0.29) is 24.5 Å². The third-order valence-electron chi connectivity index (χ3n) is 3.30. The number of para-hydroxylation sites is 1. The van der Waals surface area contributed by atoms with Crippen molar-refractivity contribution in [3.8, 4) is 11.5 Å². The molecular weight excluding hydrogens is 384 g/mol. The number of hydrogen-bond acceptors (Lipinski definition) is 4. The summed E-state index contributed by atoms with van der Waals surface area (Å²) < 4.78 is 61.2. The lowest BCUT2D eigenvalue weighted by atomic mass is 10.2. The Kier molecular flexibility index (Phi) is 7.19. The smallest absolute Gasteiger partial charge is 0.416 e. The number of nitrogens with one attached hydrogen (secondary N) is 2. The van der Waals surface area contributed by atoms with Crippen molar-refractivity contribution in [2.24, 2.45) is 0 Å². The Labute approximate surface area is 157 Å². The first-order valence-corrected chi connectivity index (χ1v) is 8.01. The number of benzene rings is 2. The van der Waals surface area contributed by atoms with Gasteiger partial charge in [-0.2, -0.15) is 13.2 Å². The normalized spacial score (nSPS) is 10.9. The maximum Gasteiger partial charge on any atom is 0.416 e. The summed E-state index contributed by atoms with van der Waals surface area (Å²) in [7, 11) is 0. The molecule has 6 nitrogen and oxygen atoms in total. The van der Waals surface area contributed by atoms with Gasteiger partial charge in [-0.1, -0.05) is 18.2 Å². The van der Waals surface area contributed by atoms with E-state index >= 15 is 0 Å². The van der Waals surface area contributed by atoms with Gasteiger partial charge in [0.15, 0.2) is 18.2 Å². The lowest BCUT2D eigenvalue weighted by Crippen LogP contribution is -2.44. The molecule has 0 radical (unpaired) electrons. The molecular formula is C18H16F4N2O4. The van der Waals surface area contributed by atoms with E-state index in [0.717, 1.165) is 18.2 Å². The van der Waals surface area contributed by atoms with E-state index in [9.17, 15) is 27.2 Å². The van der Waals surface area contributed by atoms with Crippen molar-refractivity contribution in [2.45, 2.75) is 12.6 Å². The number of rotatable bonds is 7. The van der Waals surface area contributed by atoms with Crippen molar-refractivity contribution in [1.29, 1.82) is 0 Å². The predicted molar refractivity (Wildman–Crippen MR) is 89.7 cm³/mol. The molecule has 0 fully saturated rings. The van der Waals surface area contributed by atoms with Gasteiger partial charge in [-0.05, 0) is 30.3 Å². The summed E-state index contributed by atoms with van der Waals surface area (Å²) in [6.07, 6.45) is -4.69. The first-order chi connectivity index (χ1) is 13.3. The maximum atomic E-state index is 13.3. The van der Waals surface area contributed by atoms with Crippen LogP contribution in [0.2, 0.25) is 0 Å². The van der Waals surface area contributed by atoms with Crippen LogP contribution in [0.3, 0.4) is 0 Å². The largest absolute Gasteiger partial charge is 0.490 e. The third-order valence-corrected chi connectivity index (χ3v) is 3.30. The van der Waals surface area contributed by atoms with Crippen LogP contribution in [0.25, 0.3) is 0 Å². The minimum absolute atomic E-state index is 0.00572. The second-order valence-corrected chi connectivity index (χ2v) is 5.44. The summed E-state index contributed by atoms with van der Waals surface area (Å²) in [5, 5.41) is 0. The Hall–Kier alpha value is -3.30. The van der Waals surface area contributed by atoms with Gasteiger partial charge in [0, 0.05) is 0 Å². The Balaban J connectivity index is 1.68. The number of alkyl halides is 3. The summed E-state index contributed by atoms with van der Waals surface area (Å²) in [4.78, 5) is 23.2. The van der Waals surface area contributed by atoms with Gasteiger partial charge in [0.25, 0.3) is 5.91 Å². The van der Waals surface area contributed by atoms with Crippen molar-refractivity contribution < 1.29 is 36.6 Å². The zero-order valence-electron chi connectivity index (χ0n) is 14.4. The van der Waals surface area contributed by atoms with Gasteiger partial charge in [-0.25, -0.2) is 4.39 Å². The van der Waals surface area contributed by atoms with E-state index in [1.165, 1.54) is 24.3 Å². The van der Waals surface area contributed by atoms with E-state index in [4.69, 9.17) is 9.47 Å². The second-order valence-electron chi connectivity index (χ2n) is 5.44. The third kappa shape index (κ3) is 6.78. The van der Waals surface area contributed by atoms with Gasteiger partial charge in [0.2, 0.25) is 5.91 Å². The molecule has 0 aliphatic carbocycles. The van der Waals surface area contributed by atoms with Gasteiger partial charge in [-0.3, -0.25) is 20.4 Å². The van der Waals surface area contributed by atoms with Crippen LogP contribution in [0.15, 0.2) is 48.5 Å². The van der Waals surface area contributed by atoms with E-state index in [0.29, 0.717) is 0 Å². The molecule has 150 valence electrons. The molecule has 0 heterocycles. The predicted octanol–water partition coefficient (Wildman–Crippen LogP) is 2.84. The quantitative estimate of drug-likeness (QED) is 0.554. The van der Waals surface area contributed by atoms with E-state index in [2.05, 4.69) is 5.43 Å². The molecule has 0 saturated heterocycles. The van der Waals surface area contributed by atoms with Gasteiger partial charge < -0.3 is 9.47 Å². The van der Waals surface area contributed by atoms with Crippen LogP contribution in [0.1, 0.15) is 12.0 Å². The molecule has 0 saturated carbocycles. The highest BCUT2D eigenvalue weighted by Crippen LogP contribution is 2.31. The maximum absolute atomic E-state index is 13.3. The molecule has 0 aliphatic rings. The fourth-order valence-corrected chi connectivity index (χ4v) is 1.96. The average Bonchev–Trinajstić information content (AvgIpc) is 2.66. The standard InChI is InChI=1S/C18H16F4N2O4/c19-14-6-1-2-7-15(14)27-9-8-16(25)23-24-17(26)11-28-13-5-3-4-12(10-13)18(20,21)22/h1-7,10H,8-9,11H2,(H,23,25)(H,24,26). The summed E-state index contributed by atoms with van der Waals surface area (Å²) in [6, 6.07) is 9.71. The number of carbonyl (C=O) groups is 2. The van der Waals surface area contributed by atoms with Gasteiger partial charge in [0.05, 0.1) is 18.6 Å². The highest BCUT2D eigenvalue weighted by atomic mass is 19.4. The van der Waals surface area contributed by atoms with Crippen LogP contribution in [-0.4, -0.2) is 25.0 Å². The molecule has 2 aromatic rings. The topological polar surface area (TPSA) is 76.7 Å². The van der Waals surface area contributed by atoms with Crippen molar-refractivity contribution in [3.63, 3.8) is 0 Å². The van der Waals surface area contributed by atoms with Gasteiger partial charge in [0.1, 0.15) is 5.75 Å². The first kappa shape index (κ1) is 21.0. The van der Waals surface area contributed by atoms with E-state index in [1.54, 1.807) is 6.07 Å². The zero-order chi connectivity index (χ0) is 20.6. The SMILES string of the molecule is O=C(CCOc1ccccc1F)NNC(=O)COc1cccc(C(F)(F)F)c1. The molecule has 2 aromatic carbocycles. The molecule has 0 aromatic heterocycles. The summed E-state index contributed by atoms with van der Waals surface area (Å²) in [5.41, 5.74) is 3.22. The van der Waals surface area contributed by atoms with Crippen molar-refractivity contribution in [3.05, 3.63) is 59.9 Å². The molecule has 2 amide bonds. The fraction of sp³-hybridized carbons (Fsp3) is 0.222. The minimum Gasteiger partial charge on any atom is -0.490 e. The lowest BCUT2D eigenvalue weighted by molar-refractivity contribution is -0.137.